The first-order valence-corrected chi connectivity index (χ1v) is 12.4. The summed E-state index contributed by atoms with van der Waals surface area (Å²) in [7, 11) is 0. The lowest BCUT2D eigenvalue weighted by Gasteiger charge is -2.36. The molecule has 0 bridgehead atoms. The smallest absolute Gasteiger partial charge is 0.232 e. The molecule has 0 aliphatic carbocycles. The minimum Gasteiger partial charge on any atom is -0.507 e. The fraction of sp³-hybridized carbons (Fsp3) is 0.276. The van der Waals surface area contributed by atoms with Gasteiger partial charge in [-0.3, -0.25) is 9.69 Å². The van der Waals surface area contributed by atoms with E-state index in [1.165, 1.54) is 5.56 Å². The summed E-state index contributed by atoms with van der Waals surface area (Å²) in [6.45, 7) is 7.84. The van der Waals surface area contributed by atoms with E-state index in [2.05, 4.69) is 34.9 Å². The monoisotopic (exact) mass is 488 g/mol. The number of nitrogens with zero attached hydrogens (tertiary/aromatic N) is 2. The van der Waals surface area contributed by atoms with E-state index in [9.17, 15) is 9.90 Å². The van der Waals surface area contributed by atoms with Gasteiger partial charge in [-0.05, 0) is 60.4 Å². The van der Waals surface area contributed by atoms with E-state index in [1.54, 1.807) is 12.1 Å². The quantitative estimate of drug-likeness (QED) is 0.456. The van der Waals surface area contributed by atoms with Crippen LogP contribution in [0.25, 0.3) is 6.08 Å². The van der Waals surface area contributed by atoms with Crippen molar-refractivity contribution in [1.29, 1.82) is 0 Å². The average molecular weight is 489 g/mol. The maximum Gasteiger partial charge on any atom is 0.232 e. The molecule has 1 N–H and O–H groups in total. The molecule has 35 heavy (non-hydrogen) atoms. The fourth-order valence-corrected chi connectivity index (χ4v) is 4.98. The number of piperazine rings is 1. The third kappa shape index (κ3) is 4.79. The van der Waals surface area contributed by atoms with Crippen LogP contribution in [-0.4, -0.2) is 42.0 Å². The first kappa shape index (κ1) is 23.5. The van der Waals surface area contributed by atoms with E-state index in [0.717, 1.165) is 54.4 Å². The Morgan fingerprint density at radius 3 is 2.49 bits per heavy atom. The molecule has 3 aromatic carbocycles. The van der Waals surface area contributed by atoms with Gasteiger partial charge in [0, 0.05) is 43.4 Å². The van der Waals surface area contributed by atoms with Gasteiger partial charge in [-0.25, -0.2) is 0 Å². The molecule has 0 atom stereocenters. The molecule has 6 heteroatoms. The zero-order valence-electron chi connectivity index (χ0n) is 20.1. The number of ketones is 1. The van der Waals surface area contributed by atoms with Crippen molar-refractivity contribution in [1.82, 2.24) is 4.90 Å². The van der Waals surface area contributed by atoms with Crippen molar-refractivity contribution in [3.8, 4) is 11.5 Å². The molecular formula is C29H29ClN2O3. The van der Waals surface area contributed by atoms with Gasteiger partial charge >= 0.3 is 0 Å². The number of benzene rings is 3. The molecule has 2 heterocycles. The van der Waals surface area contributed by atoms with Gasteiger partial charge < -0.3 is 14.7 Å². The van der Waals surface area contributed by atoms with Crippen molar-refractivity contribution in [3.05, 3.63) is 93.2 Å². The fourth-order valence-electron chi connectivity index (χ4n) is 4.79. The Bertz CT molecular complexity index is 1290. The second kappa shape index (κ2) is 9.76. The van der Waals surface area contributed by atoms with E-state index in [1.807, 2.05) is 37.3 Å². The van der Waals surface area contributed by atoms with Gasteiger partial charge in [0.2, 0.25) is 5.78 Å². The molecule has 0 spiro atoms. The predicted molar refractivity (Wildman–Crippen MR) is 141 cm³/mol. The van der Waals surface area contributed by atoms with Crippen LogP contribution in [0.2, 0.25) is 5.02 Å². The number of ether oxygens (including phenoxy) is 1. The summed E-state index contributed by atoms with van der Waals surface area (Å²) < 4.78 is 6.12. The van der Waals surface area contributed by atoms with Gasteiger partial charge in [0.15, 0.2) is 5.76 Å². The summed E-state index contributed by atoms with van der Waals surface area (Å²) in [6.07, 6.45) is 2.75. The number of allylic oxidation sites excluding steroid dienone is 1. The van der Waals surface area contributed by atoms with Gasteiger partial charge in [0.25, 0.3) is 0 Å². The number of halogens is 1. The van der Waals surface area contributed by atoms with E-state index >= 15 is 0 Å². The summed E-state index contributed by atoms with van der Waals surface area (Å²) in [4.78, 5) is 17.8. The number of aromatic hydroxyl groups is 1. The van der Waals surface area contributed by atoms with Crippen molar-refractivity contribution in [2.24, 2.45) is 0 Å². The van der Waals surface area contributed by atoms with Crippen LogP contribution >= 0.6 is 11.6 Å². The number of fused-ring (bicyclic) bond motifs is 1. The molecule has 0 saturated carbocycles. The van der Waals surface area contributed by atoms with Gasteiger partial charge in [-0.15, -0.1) is 0 Å². The molecule has 0 radical (unpaired) electrons. The number of aryl methyl sites for hydroxylation is 2. The molecule has 3 aromatic rings. The second-order valence-corrected chi connectivity index (χ2v) is 9.61. The zero-order valence-corrected chi connectivity index (χ0v) is 20.8. The molecule has 0 unspecified atom stereocenters. The summed E-state index contributed by atoms with van der Waals surface area (Å²) in [5, 5.41) is 11.5. The first-order chi connectivity index (χ1) is 16.9. The Balaban J connectivity index is 1.35. The molecule has 0 amide bonds. The van der Waals surface area contributed by atoms with E-state index in [0.29, 0.717) is 29.2 Å². The van der Waals surface area contributed by atoms with Crippen LogP contribution in [0.5, 0.6) is 11.5 Å². The third-order valence-electron chi connectivity index (χ3n) is 6.83. The van der Waals surface area contributed by atoms with E-state index < -0.39 is 0 Å². The van der Waals surface area contributed by atoms with Crippen molar-refractivity contribution < 1.29 is 14.6 Å². The second-order valence-electron chi connectivity index (χ2n) is 9.17. The Hall–Kier alpha value is -3.28. The Morgan fingerprint density at radius 2 is 1.80 bits per heavy atom. The number of rotatable bonds is 5. The lowest BCUT2D eigenvalue weighted by molar-refractivity contribution is 0.101. The minimum absolute atomic E-state index is 0.135. The molecular weight excluding hydrogens is 460 g/mol. The lowest BCUT2D eigenvalue weighted by Crippen LogP contribution is -2.46. The third-order valence-corrected chi connectivity index (χ3v) is 7.07. The molecule has 2 aliphatic rings. The van der Waals surface area contributed by atoms with Gasteiger partial charge in [0.05, 0.1) is 11.1 Å². The Morgan fingerprint density at radius 1 is 1.06 bits per heavy atom. The highest BCUT2D eigenvalue weighted by atomic mass is 35.5. The van der Waals surface area contributed by atoms with Crippen LogP contribution in [0.15, 0.2) is 60.4 Å². The topological polar surface area (TPSA) is 53.0 Å². The standard InChI is InChI=1S/C29H29ClN2O3/c1-3-20-7-9-21(10-8-20)16-26-28(34)27-19(2)15-25(33)24(29(27)35-26)18-31-11-13-32(14-12-31)23-6-4-5-22(30)17-23/h4-10,15-17,33H,3,11-14,18H2,1-2H3/b26-16-. The summed E-state index contributed by atoms with van der Waals surface area (Å²) in [5.74, 6) is 0.815. The number of carbonyl (C=O) groups excluding carboxylic acids is 1. The van der Waals surface area contributed by atoms with Crippen LogP contribution in [0, 0.1) is 6.92 Å². The molecule has 1 saturated heterocycles. The molecule has 1 fully saturated rings. The summed E-state index contributed by atoms with van der Waals surface area (Å²) >= 11 is 6.16. The van der Waals surface area contributed by atoms with Crippen molar-refractivity contribution >= 4 is 29.1 Å². The molecule has 5 rings (SSSR count). The number of hydrogen-bond acceptors (Lipinski definition) is 5. The normalized spacial score (nSPS) is 17.1. The zero-order chi connectivity index (χ0) is 24.5. The Kier molecular flexibility index (Phi) is 6.54. The van der Waals surface area contributed by atoms with E-state index in [4.69, 9.17) is 16.3 Å². The van der Waals surface area contributed by atoms with Gasteiger partial charge in [-0.1, -0.05) is 48.9 Å². The largest absolute Gasteiger partial charge is 0.507 e. The Labute approximate surface area is 211 Å². The van der Waals surface area contributed by atoms with Crippen molar-refractivity contribution in [2.45, 2.75) is 26.8 Å². The first-order valence-electron chi connectivity index (χ1n) is 12.0. The van der Waals surface area contributed by atoms with Crippen LogP contribution in [0.1, 0.15) is 39.5 Å². The highest BCUT2D eigenvalue weighted by Crippen LogP contribution is 2.42. The summed E-state index contributed by atoms with van der Waals surface area (Å²) in [5.41, 5.74) is 5.21. The average Bonchev–Trinajstić information content (AvgIpc) is 3.18. The number of Topliss-reactive ketones (excluding diaryl/α,β-unsaturated/α-hetero) is 1. The van der Waals surface area contributed by atoms with E-state index in [-0.39, 0.29) is 11.5 Å². The molecule has 2 aliphatic heterocycles. The van der Waals surface area contributed by atoms with Crippen LogP contribution < -0.4 is 9.64 Å². The highest BCUT2D eigenvalue weighted by Gasteiger charge is 2.34. The molecule has 5 nitrogen and oxygen atoms in total. The van der Waals surface area contributed by atoms with Crippen LogP contribution in [0.4, 0.5) is 5.69 Å². The van der Waals surface area contributed by atoms with Crippen LogP contribution in [0.3, 0.4) is 0 Å². The van der Waals surface area contributed by atoms with Gasteiger partial charge in [0.1, 0.15) is 11.5 Å². The van der Waals surface area contributed by atoms with Gasteiger partial charge in [-0.2, -0.15) is 0 Å². The number of carbonyl (C=O) groups is 1. The minimum atomic E-state index is -0.135. The van der Waals surface area contributed by atoms with Crippen molar-refractivity contribution in [2.75, 3.05) is 31.1 Å². The summed E-state index contributed by atoms with van der Waals surface area (Å²) in [6, 6.07) is 17.7. The highest BCUT2D eigenvalue weighted by molar-refractivity contribution is 6.30. The number of phenolic OH excluding ortho intramolecular Hbond substituents is 1. The van der Waals surface area contributed by atoms with Crippen LogP contribution in [-0.2, 0) is 13.0 Å². The lowest BCUT2D eigenvalue weighted by atomic mass is 9.99. The SMILES string of the molecule is CCc1ccc(/C=C2\Oc3c(CN4CCN(c5cccc(Cl)c5)CC4)c(O)cc(C)c3C2=O)cc1. The maximum absolute atomic E-state index is 13.2. The number of phenols is 1. The number of anilines is 1. The molecule has 0 aromatic heterocycles. The maximum atomic E-state index is 13.2. The van der Waals surface area contributed by atoms with Crippen molar-refractivity contribution in [3.63, 3.8) is 0 Å². The number of hydrogen-bond donors (Lipinski definition) is 1. The molecule has 180 valence electrons. The predicted octanol–water partition coefficient (Wildman–Crippen LogP) is 5.85.